The predicted molar refractivity (Wildman–Crippen MR) is 63.5 cm³/mol. The zero-order valence-corrected chi connectivity index (χ0v) is 7.97. The van der Waals surface area contributed by atoms with E-state index in [-0.39, 0.29) is 0 Å². The molecule has 0 amide bonds. The van der Waals surface area contributed by atoms with Crippen LogP contribution in [0.15, 0.2) is 0 Å². The van der Waals surface area contributed by atoms with E-state index in [0.717, 1.165) is 0 Å². The van der Waals surface area contributed by atoms with Gasteiger partial charge in [0.15, 0.2) is 0 Å². The van der Waals surface area contributed by atoms with E-state index in [0.29, 0.717) is 0 Å². The average Bonchev–Trinajstić information content (AvgIpc) is 2.62. The van der Waals surface area contributed by atoms with E-state index < -0.39 is 0 Å². The second-order valence-corrected chi connectivity index (χ2v) is 5.30. The van der Waals surface area contributed by atoms with Crippen molar-refractivity contribution in [1.82, 2.24) is 0 Å². The van der Waals surface area contributed by atoms with Crippen molar-refractivity contribution in [3.8, 4) is 0 Å². The van der Waals surface area contributed by atoms with Crippen molar-refractivity contribution in [2.24, 2.45) is 5.92 Å². The Balaban J connectivity index is 1.79. The van der Waals surface area contributed by atoms with Gasteiger partial charge in [0.25, 0.3) is 0 Å². The molecule has 0 nitrogen and oxygen atoms in total. The van der Waals surface area contributed by atoms with Crippen LogP contribution in [-0.4, -0.2) is 34.2 Å². The molecule has 2 unspecified atom stereocenters. The Bertz CT molecular complexity index is 185. The molecule has 5 heteroatoms. The Morgan fingerprint density at radius 3 is 3.00 bits per heavy atom. The summed E-state index contributed by atoms with van der Waals surface area (Å²) in [7, 11) is 4.72. The summed E-state index contributed by atoms with van der Waals surface area (Å²) in [6, 6.07) is 0. The van der Waals surface area contributed by atoms with Crippen molar-refractivity contribution in [3.05, 3.63) is 0 Å². The normalized spacial score (nSPS) is 38.0. The standard InChI is InChI=1S/C7H15B5/c1-2-4-7-6(3-1)5-11-9-8-10-12(7)11/h6-10H,1-5H2. The van der Waals surface area contributed by atoms with E-state index in [1.165, 1.54) is 24.7 Å². The predicted octanol–water partition coefficient (Wildman–Crippen LogP) is -0.225. The molecule has 0 N–H and O–H groups in total. The molecular formula is C7H15B5. The molecule has 0 aromatic rings. The summed E-state index contributed by atoms with van der Waals surface area (Å²) >= 11 is 0. The maximum Gasteiger partial charge on any atom is 0.0643 e. The van der Waals surface area contributed by atoms with Gasteiger partial charge in [-0.1, -0.05) is 43.7 Å². The van der Waals surface area contributed by atoms with Crippen LogP contribution in [0.4, 0.5) is 0 Å². The Morgan fingerprint density at radius 2 is 2.00 bits per heavy atom. The SMILES string of the molecule is B1BB2CC3CCCCC3B2B1. The molecule has 3 rings (SSSR count). The van der Waals surface area contributed by atoms with Gasteiger partial charge in [-0.25, -0.2) is 0 Å². The van der Waals surface area contributed by atoms with Crippen molar-refractivity contribution >= 4 is 34.2 Å². The lowest BCUT2D eigenvalue weighted by molar-refractivity contribution is 0.390. The summed E-state index contributed by atoms with van der Waals surface area (Å²) in [5.74, 6) is 2.36. The third-order valence-electron chi connectivity index (χ3n) is 4.84. The van der Waals surface area contributed by atoms with Crippen LogP contribution in [0.2, 0.25) is 12.1 Å². The van der Waals surface area contributed by atoms with E-state index in [9.17, 15) is 0 Å². The Labute approximate surface area is 78.4 Å². The van der Waals surface area contributed by atoms with Gasteiger partial charge in [0.1, 0.15) is 0 Å². The van der Waals surface area contributed by atoms with Gasteiger partial charge < -0.3 is 0 Å². The molecule has 0 radical (unpaired) electrons. The molecular weight excluding hydrogens is 138 g/mol. The lowest BCUT2D eigenvalue weighted by Gasteiger charge is -2.28. The lowest BCUT2D eigenvalue weighted by atomic mass is 8.93. The first-order valence-electron chi connectivity index (χ1n) is 5.95. The highest BCUT2D eigenvalue weighted by Crippen LogP contribution is 2.46. The van der Waals surface area contributed by atoms with Gasteiger partial charge in [0.2, 0.25) is 0 Å². The maximum atomic E-state index is 1.62. The molecule has 1 aliphatic carbocycles. The van der Waals surface area contributed by atoms with Crippen molar-refractivity contribution in [2.45, 2.75) is 37.8 Å². The van der Waals surface area contributed by atoms with Crippen molar-refractivity contribution < 1.29 is 0 Å². The van der Waals surface area contributed by atoms with Crippen molar-refractivity contribution in [1.29, 1.82) is 0 Å². The minimum absolute atomic E-state index is 1.18. The van der Waals surface area contributed by atoms with Gasteiger partial charge in [-0.15, -0.1) is 0 Å². The van der Waals surface area contributed by atoms with Gasteiger partial charge in [-0.2, -0.15) is 0 Å². The number of fused-ring (bicyclic) bond motifs is 3. The van der Waals surface area contributed by atoms with Gasteiger partial charge in [0.05, 0.1) is 13.0 Å². The highest BCUT2D eigenvalue weighted by atomic mass is 14.2. The molecule has 2 aliphatic heterocycles. The lowest BCUT2D eigenvalue weighted by Crippen LogP contribution is -2.34. The molecule has 0 aromatic heterocycles. The molecule has 12 heavy (non-hydrogen) atoms. The fraction of sp³-hybridized carbons (Fsp3) is 1.00. The smallest absolute Gasteiger partial charge is 0.0643 e. The third kappa shape index (κ3) is 1.04. The topological polar surface area (TPSA) is 0 Å². The Hall–Kier alpha value is 0.325. The van der Waals surface area contributed by atoms with Crippen LogP contribution >= 0.6 is 0 Å². The molecule has 2 heterocycles. The molecule has 2 saturated heterocycles. The highest BCUT2D eigenvalue weighted by Gasteiger charge is 2.48. The van der Waals surface area contributed by atoms with Crippen LogP contribution in [-0.2, 0) is 0 Å². The average molecular weight is 153 g/mol. The van der Waals surface area contributed by atoms with Crippen molar-refractivity contribution in [3.63, 3.8) is 0 Å². The second kappa shape index (κ2) is 2.92. The Morgan fingerprint density at radius 1 is 1.08 bits per heavy atom. The third-order valence-corrected chi connectivity index (χ3v) is 4.84. The van der Waals surface area contributed by atoms with E-state index >= 15 is 0 Å². The summed E-state index contributed by atoms with van der Waals surface area (Å²) < 4.78 is 0. The first-order valence-corrected chi connectivity index (χ1v) is 5.95. The number of rotatable bonds is 0. The van der Waals surface area contributed by atoms with Crippen LogP contribution in [0.3, 0.4) is 0 Å². The van der Waals surface area contributed by atoms with Crippen LogP contribution in [0.1, 0.15) is 25.7 Å². The molecule has 0 aromatic carbocycles. The fourth-order valence-corrected chi connectivity index (χ4v) is 4.40. The summed E-state index contributed by atoms with van der Waals surface area (Å²) in [5.41, 5.74) is 0. The molecule has 2 atom stereocenters. The summed E-state index contributed by atoms with van der Waals surface area (Å²) in [4.78, 5) is 0. The number of hydrogen-bond acceptors (Lipinski definition) is 0. The van der Waals surface area contributed by atoms with Crippen LogP contribution in [0, 0.1) is 5.92 Å². The highest BCUT2D eigenvalue weighted by molar-refractivity contribution is 7.85. The van der Waals surface area contributed by atoms with Gasteiger partial charge >= 0.3 is 0 Å². The van der Waals surface area contributed by atoms with Crippen LogP contribution < -0.4 is 0 Å². The van der Waals surface area contributed by atoms with Crippen LogP contribution in [0.5, 0.6) is 0 Å². The molecule has 0 spiro atoms. The van der Waals surface area contributed by atoms with Gasteiger partial charge in [-0.3, -0.25) is 0 Å². The van der Waals surface area contributed by atoms with E-state index in [4.69, 9.17) is 0 Å². The monoisotopic (exact) mass is 154 g/mol. The van der Waals surface area contributed by atoms with Gasteiger partial charge in [-0.05, 0) is 0 Å². The zero-order chi connectivity index (χ0) is 7.97. The quantitative estimate of drug-likeness (QED) is 0.422. The van der Waals surface area contributed by atoms with E-state index in [1.54, 1.807) is 53.2 Å². The fourth-order valence-electron chi connectivity index (χ4n) is 4.40. The molecule has 0 bridgehead atoms. The minimum Gasteiger partial charge on any atom is -0.0867 e. The van der Waals surface area contributed by atoms with Crippen LogP contribution in [0.25, 0.3) is 0 Å². The summed E-state index contributed by atoms with van der Waals surface area (Å²) in [6.45, 7) is 2.37. The minimum atomic E-state index is 1.18. The first-order chi connectivity index (χ1) is 5.95. The molecule has 58 valence electrons. The zero-order valence-electron chi connectivity index (χ0n) is 7.97. The summed E-state index contributed by atoms with van der Waals surface area (Å²) in [6.07, 6.45) is 7.88. The van der Waals surface area contributed by atoms with E-state index in [1.807, 2.05) is 0 Å². The number of hydrogen-bond donors (Lipinski definition) is 0. The molecule has 3 aliphatic rings. The molecule has 1 saturated carbocycles. The van der Waals surface area contributed by atoms with Gasteiger partial charge in [0, 0.05) is 21.2 Å². The first kappa shape index (κ1) is 7.70. The largest absolute Gasteiger partial charge is 0.0867 e. The summed E-state index contributed by atoms with van der Waals surface area (Å²) in [5, 5.41) is 0. The van der Waals surface area contributed by atoms with Crippen molar-refractivity contribution in [2.75, 3.05) is 0 Å². The van der Waals surface area contributed by atoms with E-state index in [2.05, 4.69) is 0 Å². The second-order valence-electron chi connectivity index (χ2n) is 5.30. The Kier molecular flexibility index (Phi) is 1.88. The molecule has 3 fully saturated rings. The maximum absolute atomic E-state index is 1.62.